The first-order chi connectivity index (χ1) is 14.0. The van der Waals surface area contributed by atoms with Gasteiger partial charge in [0.15, 0.2) is 0 Å². The molecule has 5 nitrogen and oxygen atoms in total. The summed E-state index contributed by atoms with van der Waals surface area (Å²) in [5, 5.41) is 0. The lowest BCUT2D eigenvalue weighted by Gasteiger charge is -2.15. The lowest BCUT2D eigenvalue weighted by atomic mass is 9.98. The SMILES string of the molecule is CCOC(=O)/C(=C/C=C(/C(=O)OCC)c1cccc(-c2ccccc2)c1)N(C)C. The van der Waals surface area contributed by atoms with E-state index in [9.17, 15) is 9.59 Å². The van der Waals surface area contributed by atoms with Gasteiger partial charge >= 0.3 is 11.9 Å². The van der Waals surface area contributed by atoms with Gasteiger partial charge < -0.3 is 14.4 Å². The van der Waals surface area contributed by atoms with Gasteiger partial charge in [-0.05, 0) is 48.8 Å². The van der Waals surface area contributed by atoms with Gasteiger partial charge in [0.1, 0.15) is 5.70 Å². The lowest BCUT2D eigenvalue weighted by molar-refractivity contribution is -0.140. The summed E-state index contributed by atoms with van der Waals surface area (Å²) in [4.78, 5) is 26.5. The fourth-order valence-electron chi connectivity index (χ4n) is 2.75. The van der Waals surface area contributed by atoms with Gasteiger partial charge in [-0.15, -0.1) is 0 Å². The van der Waals surface area contributed by atoms with Crippen molar-refractivity contribution in [3.63, 3.8) is 0 Å². The molecule has 2 rings (SSSR count). The molecule has 0 aliphatic carbocycles. The molecule has 0 saturated carbocycles. The van der Waals surface area contributed by atoms with Crippen LogP contribution in [-0.2, 0) is 19.1 Å². The van der Waals surface area contributed by atoms with E-state index in [4.69, 9.17) is 9.47 Å². The Balaban J connectivity index is 2.51. The van der Waals surface area contributed by atoms with Crippen molar-refractivity contribution in [1.29, 1.82) is 0 Å². The topological polar surface area (TPSA) is 55.8 Å². The Kier molecular flexibility index (Phi) is 8.22. The third-order valence-corrected chi connectivity index (χ3v) is 4.15. The molecule has 0 atom stereocenters. The van der Waals surface area contributed by atoms with Crippen LogP contribution in [0.5, 0.6) is 0 Å². The third-order valence-electron chi connectivity index (χ3n) is 4.15. The fourth-order valence-corrected chi connectivity index (χ4v) is 2.75. The van der Waals surface area contributed by atoms with Crippen molar-refractivity contribution in [1.82, 2.24) is 4.90 Å². The number of esters is 2. The second kappa shape index (κ2) is 10.9. The van der Waals surface area contributed by atoms with Gasteiger partial charge in [-0.2, -0.15) is 0 Å². The first kappa shape index (κ1) is 22.0. The second-order valence-corrected chi connectivity index (χ2v) is 6.41. The van der Waals surface area contributed by atoms with E-state index in [2.05, 4.69) is 0 Å². The van der Waals surface area contributed by atoms with Crippen molar-refractivity contribution in [2.24, 2.45) is 0 Å². The Morgan fingerprint density at radius 1 is 0.828 bits per heavy atom. The molecule has 0 aliphatic heterocycles. The number of allylic oxidation sites excluding steroid dienone is 2. The average Bonchev–Trinajstić information content (AvgIpc) is 2.72. The molecule has 0 aliphatic rings. The molecular formula is C24H27NO4. The number of benzene rings is 2. The minimum Gasteiger partial charge on any atom is -0.462 e. The largest absolute Gasteiger partial charge is 0.462 e. The van der Waals surface area contributed by atoms with Crippen LogP contribution >= 0.6 is 0 Å². The van der Waals surface area contributed by atoms with Gasteiger partial charge in [0.25, 0.3) is 0 Å². The van der Waals surface area contributed by atoms with E-state index in [0.29, 0.717) is 16.8 Å². The molecule has 0 bridgehead atoms. The van der Waals surface area contributed by atoms with Crippen molar-refractivity contribution in [3.05, 3.63) is 78.0 Å². The van der Waals surface area contributed by atoms with Crippen LogP contribution < -0.4 is 0 Å². The molecule has 0 spiro atoms. The second-order valence-electron chi connectivity index (χ2n) is 6.41. The smallest absolute Gasteiger partial charge is 0.354 e. The standard InChI is InChI=1S/C24H27NO4/c1-5-28-23(26)21(15-16-22(25(3)4)24(27)29-6-2)20-14-10-13-19(17-20)18-11-8-7-9-12-18/h7-17H,5-6H2,1-4H3/b21-15+,22-16-. The zero-order valence-corrected chi connectivity index (χ0v) is 17.3. The van der Waals surface area contributed by atoms with Crippen LogP contribution in [0.15, 0.2) is 72.4 Å². The van der Waals surface area contributed by atoms with Gasteiger partial charge in [0, 0.05) is 14.1 Å². The van der Waals surface area contributed by atoms with Crippen molar-refractivity contribution in [3.8, 4) is 11.1 Å². The van der Waals surface area contributed by atoms with Gasteiger partial charge in [0.2, 0.25) is 0 Å². The summed E-state index contributed by atoms with van der Waals surface area (Å²) in [6.45, 7) is 4.05. The van der Waals surface area contributed by atoms with E-state index in [-0.39, 0.29) is 13.2 Å². The van der Waals surface area contributed by atoms with E-state index in [1.165, 1.54) is 0 Å². The maximum Gasteiger partial charge on any atom is 0.354 e. The molecule has 0 N–H and O–H groups in total. The maximum atomic E-state index is 12.6. The van der Waals surface area contributed by atoms with E-state index < -0.39 is 11.9 Å². The molecule has 0 radical (unpaired) electrons. The molecule has 0 fully saturated rings. The van der Waals surface area contributed by atoms with Gasteiger partial charge in [0.05, 0.1) is 18.8 Å². The van der Waals surface area contributed by atoms with Crippen molar-refractivity contribution in [2.75, 3.05) is 27.3 Å². The molecular weight excluding hydrogens is 366 g/mol. The molecule has 0 saturated heterocycles. The van der Waals surface area contributed by atoms with Gasteiger partial charge in [-0.3, -0.25) is 0 Å². The summed E-state index contributed by atoms with van der Waals surface area (Å²) in [7, 11) is 3.49. The lowest BCUT2D eigenvalue weighted by Crippen LogP contribution is -2.21. The summed E-state index contributed by atoms with van der Waals surface area (Å²) in [5.41, 5.74) is 3.46. The van der Waals surface area contributed by atoms with Crippen LogP contribution in [0.3, 0.4) is 0 Å². The zero-order chi connectivity index (χ0) is 21.2. The molecule has 5 heteroatoms. The van der Waals surface area contributed by atoms with Crippen LogP contribution in [0, 0.1) is 0 Å². The predicted octanol–water partition coefficient (Wildman–Crippen LogP) is 4.31. The number of rotatable bonds is 8. The van der Waals surface area contributed by atoms with E-state index in [0.717, 1.165) is 11.1 Å². The molecule has 2 aromatic rings. The van der Waals surface area contributed by atoms with E-state index >= 15 is 0 Å². The quantitative estimate of drug-likeness (QED) is 0.380. The molecule has 0 heterocycles. The predicted molar refractivity (Wildman–Crippen MR) is 115 cm³/mol. The van der Waals surface area contributed by atoms with Gasteiger partial charge in [-0.25, -0.2) is 9.59 Å². The Bertz CT molecular complexity index is 898. The van der Waals surface area contributed by atoms with Gasteiger partial charge in [-0.1, -0.05) is 48.5 Å². The maximum absolute atomic E-state index is 12.6. The average molecular weight is 393 g/mol. The minimum absolute atomic E-state index is 0.261. The van der Waals surface area contributed by atoms with Crippen LogP contribution in [0.1, 0.15) is 19.4 Å². The molecule has 152 valence electrons. The normalized spacial score (nSPS) is 11.7. The molecule has 0 unspecified atom stereocenters. The van der Waals surface area contributed by atoms with Crippen molar-refractivity contribution < 1.29 is 19.1 Å². The van der Waals surface area contributed by atoms with Crippen molar-refractivity contribution in [2.45, 2.75) is 13.8 Å². The minimum atomic E-state index is -0.449. The fraction of sp³-hybridized carbons (Fsp3) is 0.250. The number of ether oxygens (including phenoxy) is 2. The number of hydrogen-bond acceptors (Lipinski definition) is 5. The Hall–Kier alpha value is -3.34. The monoisotopic (exact) mass is 393 g/mol. The first-order valence-corrected chi connectivity index (χ1v) is 9.57. The Morgan fingerprint density at radius 2 is 1.45 bits per heavy atom. The molecule has 0 aromatic heterocycles. The van der Waals surface area contributed by atoms with Crippen molar-refractivity contribution >= 4 is 17.5 Å². The summed E-state index contributed by atoms with van der Waals surface area (Å²) in [6, 6.07) is 17.6. The van der Waals surface area contributed by atoms with Crippen LogP contribution in [0.4, 0.5) is 0 Å². The number of carbonyl (C=O) groups excluding carboxylic acids is 2. The highest BCUT2D eigenvalue weighted by molar-refractivity contribution is 6.17. The summed E-state index contributed by atoms with van der Waals surface area (Å²) < 4.78 is 10.3. The number of carbonyl (C=O) groups is 2. The van der Waals surface area contributed by atoms with Crippen LogP contribution in [0.2, 0.25) is 0 Å². The molecule has 29 heavy (non-hydrogen) atoms. The van der Waals surface area contributed by atoms with E-state index in [1.54, 1.807) is 45.0 Å². The zero-order valence-electron chi connectivity index (χ0n) is 17.3. The highest BCUT2D eigenvalue weighted by atomic mass is 16.5. The van der Waals surface area contributed by atoms with E-state index in [1.807, 2.05) is 54.6 Å². The van der Waals surface area contributed by atoms with Crippen LogP contribution in [-0.4, -0.2) is 44.1 Å². The molecule has 2 aromatic carbocycles. The Morgan fingerprint density at radius 3 is 2.07 bits per heavy atom. The summed E-state index contributed by atoms with van der Waals surface area (Å²) in [5.74, 6) is -0.897. The first-order valence-electron chi connectivity index (χ1n) is 9.57. The highest BCUT2D eigenvalue weighted by Crippen LogP contribution is 2.25. The highest BCUT2D eigenvalue weighted by Gasteiger charge is 2.16. The Labute approximate surface area is 172 Å². The summed E-state index contributed by atoms with van der Waals surface area (Å²) in [6.07, 6.45) is 3.19. The third kappa shape index (κ3) is 6.07. The summed E-state index contributed by atoms with van der Waals surface area (Å²) >= 11 is 0. The van der Waals surface area contributed by atoms with Crippen LogP contribution in [0.25, 0.3) is 16.7 Å². The molecule has 0 amide bonds. The number of hydrogen-bond donors (Lipinski definition) is 0. The number of nitrogens with zero attached hydrogens (tertiary/aromatic N) is 1. The number of likely N-dealkylation sites (N-methyl/N-ethyl adjacent to an activating group) is 1.